The maximum Gasteiger partial charge on any atom is 0.193 e. The van der Waals surface area contributed by atoms with Gasteiger partial charge in [0.2, 0.25) is 0 Å². The summed E-state index contributed by atoms with van der Waals surface area (Å²) in [5.74, 6) is 0.00849. The van der Waals surface area contributed by atoms with Crippen molar-refractivity contribution in [1.82, 2.24) is 0 Å². The molecule has 19 heavy (non-hydrogen) atoms. The Hall–Kier alpha value is -1.64. The zero-order valence-corrected chi connectivity index (χ0v) is 11.0. The zero-order chi connectivity index (χ0) is 13.4. The molecular weight excluding hydrogens is 260 g/mol. The lowest BCUT2D eigenvalue weighted by Gasteiger charge is -2.06. The maximum atomic E-state index is 12.6. The summed E-state index contributed by atoms with van der Waals surface area (Å²) in [6, 6.07) is 5.39. The van der Waals surface area contributed by atoms with Gasteiger partial charge in [-0.25, -0.2) is 0 Å². The van der Waals surface area contributed by atoms with Gasteiger partial charge in [0.05, 0.1) is 6.10 Å². The van der Waals surface area contributed by atoms with Crippen LogP contribution in [0.4, 0.5) is 0 Å². The average Bonchev–Trinajstić information content (AvgIpc) is 2.63. The zero-order valence-electron chi connectivity index (χ0n) is 10.3. The Labute approximate surface area is 116 Å². The molecule has 1 aromatic carbocycles. The Balaban J connectivity index is 2.13. The number of fused-ring (bicyclic) bond motifs is 2. The minimum Gasteiger partial charge on any atom is -0.385 e. The van der Waals surface area contributed by atoms with Gasteiger partial charge in [0.25, 0.3) is 0 Å². The van der Waals surface area contributed by atoms with E-state index in [0.29, 0.717) is 16.2 Å². The molecular formula is C16H13ClO2. The predicted octanol–water partition coefficient (Wildman–Crippen LogP) is 3.25. The van der Waals surface area contributed by atoms with E-state index in [0.717, 1.165) is 24.0 Å². The van der Waals surface area contributed by atoms with Crippen molar-refractivity contribution in [2.75, 3.05) is 0 Å². The van der Waals surface area contributed by atoms with Crippen molar-refractivity contribution < 1.29 is 9.90 Å². The van der Waals surface area contributed by atoms with Crippen LogP contribution in [0.2, 0.25) is 5.02 Å². The number of ketones is 1. The number of aliphatic hydroxyl groups is 1. The summed E-state index contributed by atoms with van der Waals surface area (Å²) in [6.45, 7) is 0. The van der Waals surface area contributed by atoms with E-state index in [1.165, 1.54) is 0 Å². The highest BCUT2D eigenvalue weighted by atomic mass is 35.5. The summed E-state index contributed by atoms with van der Waals surface area (Å²) in [5, 5.41) is 10.4. The van der Waals surface area contributed by atoms with Crippen LogP contribution in [-0.2, 0) is 6.42 Å². The lowest BCUT2D eigenvalue weighted by Crippen LogP contribution is -2.05. The molecule has 0 aliphatic heterocycles. The van der Waals surface area contributed by atoms with E-state index in [1.54, 1.807) is 36.4 Å². The van der Waals surface area contributed by atoms with Crippen molar-refractivity contribution in [1.29, 1.82) is 0 Å². The molecule has 2 aliphatic carbocycles. The highest BCUT2D eigenvalue weighted by Gasteiger charge is 2.24. The van der Waals surface area contributed by atoms with Crippen molar-refractivity contribution in [2.45, 2.75) is 18.9 Å². The molecule has 1 atom stereocenters. The number of hydrogen-bond donors (Lipinski definition) is 1. The van der Waals surface area contributed by atoms with Crippen LogP contribution in [0.25, 0.3) is 0 Å². The number of hydrogen-bond acceptors (Lipinski definition) is 2. The second-order valence-electron chi connectivity index (χ2n) is 4.78. The summed E-state index contributed by atoms with van der Waals surface area (Å²) in [4.78, 5) is 12.6. The lowest BCUT2D eigenvalue weighted by molar-refractivity contribution is 0.103. The van der Waals surface area contributed by atoms with Gasteiger partial charge in [-0.3, -0.25) is 4.79 Å². The molecule has 0 heterocycles. The SMILES string of the molecule is O=C1C2=CC=CC(O)C=C2CCc2cc(Cl)ccc21. The number of allylic oxidation sites excluding steroid dienone is 4. The number of benzene rings is 1. The first-order valence-electron chi connectivity index (χ1n) is 6.26. The molecule has 0 spiro atoms. The van der Waals surface area contributed by atoms with Gasteiger partial charge in [-0.1, -0.05) is 29.8 Å². The Morgan fingerprint density at radius 2 is 2.11 bits per heavy atom. The smallest absolute Gasteiger partial charge is 0.193 e. The number of carbonyl (C=O) groups excluding carboxylic acids is 1. The minimum atomic E-state index is -0.624. The fourth-order valence-corrected chi connectivity index (χ4v) is 2.76. The number of aliphatic hydroxyl groups excluding tert-OH is 1. The Morgan fingerprint density at radius 3 is 2.95 bits per heavy atom. The predicted molar refractivity (Wildman–Crippen MR) is 75.4 cm³/mol. The second-order valence-corrected chi connectivity index (χ2v) is 5.21. The third kappa shape index (κ3) is 2.29. The van der Waals surface area contributed by atoms with Crippen LogP contribution in [0.5, 0.6) is 0 Å². The summed E-state index contributed by atoms with van der Waals surface area (Å²) in [5.41, 5.74) is 3.28. The van der Waals surface area contributed by atoms with Crippen LogP contribution in [0, 0.1) is 0 Å². The fraction of sp³-hybridized carbons (Fsp3) is 0.188. The quantitative estimate of drug-likeness (QED) is 0.787. The normalized spacial score (nSPS) is 21.8. The number of Topliss-reactive ketones (excluding diaryl/α,β-unsaturated/α-hetero) is 1. The van der Waals surface area contributed by atoms with Gasteiger partial charge in [0.1, 0.15) is 0 Å². The molecule has 0 bridgehead atoms. The molecule has 96 valence electrons. The van der Waals surface area contributed by atoms with Gasteiger partial charge in [-0.2, -0.15) is 0 Å². The molecule has 0 saturated heterocycles. The van der Waals surface area contributed by atoms with Crippen molar-refractivity contribution in [3.63, 3.8) is 0 Å². The summed E-state index contributed by atoms with van der Waals surface area (Å²) < 4.78 is 0. The number of rotatable bonds is 0. The average molecular weight is 273 g/mol. The van der Waals surface area contributed by atoms with Gasteiger partial charge in [-0.15, -0.1) is 0 Å². The molecule has 1 aromatic rings. The molecule has 2 nitrogen and oxygen atoms in total. The summed E-state index contributed by atoms with van der Waals surface area (Å²) in [7, 11) is 0. The fourth-order valence-electron chi connectivity index (χ4n) is 2.57. The standard InChI is InChI=1S/C16H13ClO2/c17-12-6-7-15-10(8-12)4-5-11-9-13(18)2-1-3-14(11)16(15)19/h1-3,6-9,13,18H,4-5H2. The van der Waals surface area contributed by atoms with Crippen molar-refractivity contribution in [3.8, 4) is 0 Å². The first-order chi connectivity index (χ1) is 9.15. The number of halogens is 1. The molecule has 1 N–H and O–H groups in total. The molecule has 0 fully saturated rings. The molecule has 0 saturated carbocycles. The molecule has 1 unspecified atom stereocenters. The monoisotopic (exact) mass is 272 g/mol. The van der Waals surface area contributed by atoms with E-state index in [2.05, 4.69) is 0 Å². The Bertz CT molecular complexity index is 638. The van der Waals surface area contributed by atoms with E-state index < -0.39 is 6.10 Å². The molecule has 0 amide bonds. The molecule has 3 heteroatoms. The third-order valence-electron chi connectivity index (χ3n) is 3.51. The van der Waals surface area contributed by atoms with Crippen molar-refractivity contribution in [3.05, 3.63) is 69.8 Å². The Morgan fingerprint density at radius 1 is 1.26 bits per heavy atom. The molecule has 3 rings (SSSR count). The lowest BCUT2D eigenvalue weighted by atomic mass is 9.97. The summed E-state index contributed by atoms with van der Waals surface area (Å²) >= 11 is 5.99. The number of carbonyl (C=O) groups is 1. The van der Waals surface area contributed by atoms with Crippen LogP contribution in [0.1, 0.15) is 22.3 Å². The highest BCUT2D eigenvalue weighted by Crippen LogP contribution is 2.31. The topological polar surface area (TPSA) is 37.3 Å². The largest absolute Gasteiger partial charge is 0.385 e. The highest BCUT2D eigenvalue weighted by molar-refractivity contribution is 6.31. The van der Waals surface area contributed by atoms with Gasteiger partial charge >= 0.3 is 0 Å². The van der Waals surface area contributed by atoms with Crippen molar-refractivity contribution in [2.24, 2.45) is 0 Å². The van der Waals surface area contributed by atoms with Crippen molar-refractivity contribution >= 4 is 17.4 Å². The van der Waals surface area contributed by atoms with Crippen LogP contribution < -0.4 is 0 Å². The van der Waals surface area contributed by atoms with E-state index >= 15 is 0 Å². The second kappa shape index (κ2) is 4.80. The van der Waals surface area contributed by atoms with Crippen LogP contribution in [0.3, 0.4) is 0 Å². The van der Waals surface area contributed by atoms with Crippen LogP contribution in [0.15, 0.2) is 53.6 Å². The first kappa shape index (κ1) is 12.4. The van der Waals surface area contributed by atoms with Crippen LogP contribution >= 0.6 is 11.6 Å². The molecule has 0 radical (unpaired) electrons. The third-order valence-corrected chi connectivity index (χ3v) is 3.74. The number of aryl methyl sites for hydroxylation is 1. The van der Waals surface area contributed by atoms with Gasteiger partial charge in [0.15, 0.2) is 5.78 Å². The van der Waals surface area contributed by atoms with Gasteiger partial charge in [0, 0.05) is 16.2 Å². The molecule has 2 aliphatic rings. The van der Waals surface area contributed by atoms with E-state index in [-0.39, 0.29) is 5.78 Å². The van der Waals surface area contributed by atoms with E-state index in [9.17, 15) is 9.90 Å². The summed E-state index contributed by atoms with van der Waals surface area (Å²) in [6.07, 6.45) is 7.82. The molecule has 0 aromatic heterocycles. The van der Waals surface area contributed by atoms with E-state index in [1.807, 2.05) is 6.07 Å². The maximum absolute atomic E-state index is 12.6. The van der Waals surface area contributed by atoms with Crippen LogP contribution in [-0.4, -0.2) is 17.0 Å². The van der Waals surface area contributed by atoms with E-state index in [4.69, 9.17) is 11.6 Å². The Kier molecular flexibility index (Phi) is 3.13. The minimum absolute atomic E-state index is 0.00849. The van der Waals surface area contributed by atoms with Gasteiger partial charge in [-0.05, 0) is 48.3 Å². The first-order valence-corrected chi connectivity index (χ1v) is 6.64. The van der Waals surface area contributed by atoms with Gasteiger partial charge < -0.3 is 5.11 Å².